The van der Waals surface area contributed by atoms with Gasteiger partial charge in [0.05, 0.1) is 29.4 Å². The molecule has 0 fully saturated rings. The number of hydrogen-bond donors (Lipinski definition) is 2. The fourth-order valence-corrected chi connectivity index (χ4v) is 3.98. The number of esters is 1. The van der Waals surface area contributed by atoms with Crippen molar-refractivity contribution in [2.45, 2.75) is 26.3 Å². The third kappa shape index (κ3) is 5.40. The Morgan fingerprint density at radius 1 is 1.17 bits per heavy atom. The lowest BCUT2D eigenvalue weighted by atomic mass is 10.2. The summed E-state index contributed by atoms with van der Waals surface area (Å²) < 4.78 is 6.26. The number of thiazole rings is 1. The fraction of sp³-hybridized carbons (Fsp3) is 0.318. The summed E-state index contributed by atoms with van der Waals surface area (Å²) in [4.78, 5) is 30.0. The number of likely N-dealkylation sites (N-methyl/N-ethyl adjacent to an activating group) is 1. The standard InChI is InChI=1S/C22H25N3O3S/c1-4-13-28-22(27)16-9-11-17(12-10-16)23-20(26)14-25(3)15(2)21-24-18-7-5-6-8-19(18)29-21/h5-12,15H,4,13-14H2,1-3H3,(H,23,26)/p+1/t15-/m1/s1. The van der Waals surface area contributed by atoms with Crippen LogP contribution in [0.5, 0.6) is 0 Å². The molecule has 1 aromatic heterocycles. The highest BCUT2D eigenvalue weighted by Gasteiger charge is 2.22. The number of para-hydroxylation sites is 1. The van der Waals surface area contributed by atoms with E-state index < -0.39 is 0 Å². The molecule has 0 aliphatic carbocycles. The van der Waals surface area contributed by atoms with Crippen LogP contribution in [0.1, 0.15) is 41.7 Å². The van der Waals surface area contributed by atoms with Crippen molar-refractivity contribution in [1.29, 1.82) is 0 Å². The molecule has 0 spiro atoms. The smallest absolute Gasteiger partial charge is 0.338 e. The lowest BCUT2D eigenvalue weighted by Gasteiger charge is -2.19. The first kappa shape index (κ1) is 21.0. The number of rotatable bonds is 8. The Morgan fingerprint density at radius 3 is 2.59 bits per heavy atom. The molecule has 0 aliphatic heterocycles. The Bertz CT molecular complexity index is 951. The maximum atomic E-state index is 12.5. The van der Waals surface area contributed by atoms with Gasteiger partial charge in [-0.3, -0.25) is 4.79 Å². The monoisotopic (exact) mass is 412 g/mol. The van der Waals surface area contributed by atoms with Crippen LogP contribution in [0.3, 0.4) is 0 Å². The molecule has 0 saturated carbocycles. The van der Waals surface area contributed by atoms with Crippen LogP contribution in [0.25, 0.3) is 10.2 Å². The number of fused-ring (bicyclic) bond motifs is 1. The third-order valence-corrected chi connectivity index (χ3v) is 5.92. The summed E-state index contributed by atoms with van der Waals surface area (Å²) in [6, 6.07) is 14.9. The van der Waals surface area contributed by atoms with Gasteiger partial charge in [0.2, 0.25) is 0 Å². The number of amides is 1. The minimum atomic E-state index is -0.349. The Morgan fingerprint density at radius 2 is 1.90 bits per heavy atom. The number of anilines is 1. The quantitative estimate of drug-likeness (QED) is 0.558. The van der Waals surface area contributed by atoms with Crippen molar-refractivity contribution >= 4 is 39.1 Å². The van der Waals surface area contributed by atoms with Gasteiger partial charge in [-0.15, -0.1) is 11.3 Å². The Hall–Kier alpha value is -2.77. The van der Waals surface area contributed by atoms with E-state index in [1.54, 1.807) is 35.6 Å². The third-order valence-electron chi connectivity index (χ3n) is 4.70. The molecule has 152 valence electrons. The average molecular weight is 413 g/mol. The predicted molar refractivity (Wildman–Crippen MR) is 115 cm³/mol. The number of carbonyl (C=O) groups excluding carboxylic acids is 2. The molecule has 2 N–H and O–H groups in total. The molecule has 29 heavy (non-hydrogen) atoms. The summed E-state index contributed by atoms with van der Waals surface area (Å²) in [7, 11) is 1.99. The number of hydrogen-bond acceptors (Lipinski definition) is 5. The Balaban J connectivity index is 1.56. The first-order valence-corrected chi connectivity index (χ1v) is 10.5. The van der Waals surface area contributed by atoms with Crippen molar-refractivity contribution in [3.8, 4) is 0 Å². The maximum Gasteiger partial charge on any atom is 0.338 e. The maximum absolute atomic E-state index is 12.5. The van der Waals surface area contributed by atoms with Gasteiger partial charge in [-0.2, -0.15) is 0 Å². The molecule has 3 aromatic rings. The lowest BCUT2D eigenvalue weighted by Crippen LogP contribution is -3.10. The minimum absolute atomic E-state index is 0.0863. The Labute approximate surface area is 174 Å². The normalized spacial score (nSPS) is 13.1. The molecule has 0 aliphatic rings. The molecule has 6 nitrogen and oxygen atoms in total. The van der Waals surface area contributed by atoms with E-state index in [0.29, 0.717) is 24.4 Å². The van der Waals surface area contributed by atoms with Crippen molar-refractivity contribution in [2.75, 3.05) is 25.5 Å². The second kappa shape index (κ2) is 9.62. The summed E-state index contributed by atoms with van der Waals surface area (Å²) >= 11 is 1.67. The van der Waals surface area contributed by atoms with Crippen LogP contribution in [0.15, 0.2) is 48.5 Å². The molecule has 1 amide bonds. The summed E-state index contributed by atoms with van der Waals surface area (Å²) in [6.45, 7) is 4.75. The van der Waals surface area contributed by atoms with Gasteiger partial charge in [-0.25, -0.2) is 9.78 Å². The van der Waals surface area contributed by atoms with Crippen LogP contribution in [0.2, 0.25) is 0 Å². The second-order valence-electron chi connectivity index (χ2n) is 7.03. The van der Waals surface area contributed by atoms with E-state index >= 15 is 0 Å². The fourth-order valence-electron chi connectivity index (χ4n) is 2.87. The zero-order valence-corrected chi connectivity index (χ0v) is 17.7. The molecule has 1 unspecified atom stereocenters. The Kier molecular flexibility index (Phi) is 6.95. The van der Waals surface area contributed by atoms with E-state index in [4.69, 9.17) is 9.72 Å². The summed E-state index contributed by atoms with van der Waals surface area (Å²) in [6.07, 6.45) is 0.783. The van der Waals surface area contributed by atoms with Crippen molar-refractivity contribution in [2.24, 2.45) is 0 Å². The number of benzene rings is 2. The lowest BCUT2D eigenvalue weighted by molar-refractivity contribution is -0.902. The molecule has 7 heteroatoms. The first-order chi connectivity index (χ1) is 14.0. The van der Waals surface area contributed by atoms with Crippen molar-refractivity contribution < 1.29 is 19.2 Å². The second-order valence-corrected chi connectivity index (χ2v) is 8.09. The molecular weight excluding hydrogens is 386 g/mol. The largest absolute Gasteiger partial charge is 0.462 e. The van der Waals surface area contributed by atoms with Crippen LogP contribution < -0.4 is 10.2 Å². The number of nitrogens with one attached hydrogen (secondary N) is 2. The van der Waals surface area contributed by atoms with Gasteiger partial charge in [0.15, 0.2) is 11.6 Å². The van der Waals surface area contributed by atoms with Gasteiger partial charge in [0.1, 0.15) is 6.04 Å². The van der Waals surface area contributed by atoms with Gasteiger partial charge >= 0.3 is 5.97 Å². The van der Waals surface area contributed by atoms with E-state index in [1.165, 1.54) is 0 Å². The number of quaternary nitrogens is 1. The van der Waals surface area contributed by atoms with Crippen LogP contribution >= 0.6 is 11.3 Å². The van der Waals surface area contributed by atoms with Gasteiger partial charge < -0.3 is 15.0 Å². The number of carbonyl (C=O) groups is 2. The highest BCUT2D eigenvalue weighted by atomic mass is 32.1. The molecule has 0 saturated heterocycles. The van der Waals surface area contributed by atoms with Gasteiger partial charge in [0.25, 0.3) is 5.91 Å². The number of aromatic nitrogens is 1. The molecule has 1 heterocycles. The SMILES string of the molecule is CCCOC(=O)c1ccc(NC(=O)C[NH+](C)[C@H](C)c2nc3ccccc3s2)cc1. The molecule has 2 atom stereocenters. The van der Waals surface area contributed by atoms with Gasteiger partial charge in [-0.05, 0) is 49.7 Å². The number of ether oxygens (including phenoxy) is 1. The average Bonchev–Trinajstić information content (AvgIpc) is 3.16. The molecule has 0 bridgehead atoms. The molecule has 0 radical (unpaired) electrons. The first-order valence-electron chi connectivity index (χ1n) is 9.72. The molecule has 2 aromatic carbocycles. The van der Waals surface area contributed by atoms with Crippen LogP contribution in [0, 0.1) is 0 Å². The summed E-state index contributed by atoms with van der Waals surface area (Å²) in [5.74, 6) is -0.435. The van der Waals surface area contributed by atoms with Crippen LogP contribution in [-0.4, -0.2) is 37.1 Å². The van der Waals surface area contributed by atoms with E-state index in [1.807, 2.05) is 32.2 Å². The minimum Gasteiger partial charge on any atom is -0.462 e. The van der Waals surface area contributed by atoms with Crippen molar-refractivity contribution in [3.63, 3.8) is 0 Å². The number of nitrogens with zero attached hydrogens (tertiary/aromatic N) is 1. The van der Waals surface area contributed by atoms with E-state index in [-0.39, 0.29) is 17.9 Å². The van der Waals surface area contributed by atoms with Crippen LogP contribution in [-0.2, 0) is 9.53 Å². The zero-order chi connectivity index (χ0) is 20.8. The zero-order valence-electron chi connectivity index (χ0n) is 16.9. The van der Waals surface area contributed by atoms with E-state index in [9.17, 15) is 9.59 Å². The van der Waals surface area contributed by atoms with Gasteiger partial charge in [-0.1, -0.05) is 19.1 Å². The highest BCUT2D eigenvalue weighted by Crippen LogP contribution is 2.24. The van der Waals surface area contributed by atoms with Crippen LogP contribution in [0.4, 0.5) is 5.69 Å². The summed E-state index contributed by atoms with van der Waals surface area (Å²) in [5, 5.41) is 3.91. The van der Waals surface area contributed by atoms with Gasteiger partial charge in [0, 0.05) is 5.69 Å². The van der Waals surface area contributed by atoms with E-state index in [2.05, 4.69) is 18.3 Å². The molecule has 3 rings (SSSR count). The van der Waals surface area contributed by atoms with Crippen molar-refractivity contribution in [1.82, 2.24) is 4.98 Å². The highest BCUT2D eigenvalue weighted by molar-refractivity contribution is 7.18. The topological polar surface area (TPSA) is 72.7 Å². The van der Waals surface area contributed by atoms with E-state index in [0.717, 1.165) is 26.5 Å². The predicted octanol–water partition coefficient (Wildman–Crippen LogP) is 3.08. The van der Waals surface area contributed by atoms with Crippen molar-refractivity contribution in [3.05, 3.63) is 59.1 Å². The molecular formula is C22H26N3O3S+. The summed E-state index contributed by atoms with van der Waals surface area (Å²) in [5.41, 5.74) is 2.13.